The van der Waals surface area contributed by atoms with E-state index in [0.717, 1.165) is 6.42 Å². The number of hydrogen-bond acceptors (Lipinski definition) is 5. The Morgan fingerprint density at radius 3 is 2.04 bits per heavy atom. The molecule has 4 N–H and O–H groups in total. The van der Waals surface area contributed by atoms with Crippen molar-refractivity contribution in [1.29, 1.82) is 0 Å². The summed E-state index contributed by atoms with van der Waals surface area (Å²) in [6, 6.07) is 0. The summed E-state index contributed by atoms with van der Waals surface area (Å²) in [5.74, 6) is -4.86. The lowest BCUT2D eigenvalue weighted by molar-refractivity contribution is -0.147. The lowest BCUT2D eigenvalue weighted by Gasteiger charge is -2.22. The van der Waals surface area contributed by atoms with Crippen LogP contribution in [-0.4, -0.2) is 51.7 Å². The zero-order valence-electron chi connectivity index (χ0n) is 14.9. The fourth-order valence-electron chi connectivity index (χ4n) is 2.25. The third kappa shape index (κ3) is 6.41. The van der Waals surface area contributed by atoms with Gasteiger partial charge >= 0.3 is 5.97 Å². The van der Waals surface area contributed by atoms with E-state index in [0.29, 0.717) is 5.57 Å². The average molecular weight is 343 g/mol. The lowest BCUT2D eigenvalue weighted by atomic mass is 9.90. The summed E-state index contributed by atoms with van der Waals surface area (Å²) >= 11 is 0. The number of nitrogens with one attached hydrogen (secondary N) is 1. The molecule has 24 heavy (non-hydrogen) atoms. The molecule has 0 bridgehead atoms. The molecule has 0 radical (unpaired) electrons. The van der Waals surface area contributed by atoms with Crippen LogP contribution in [0.1, 0.15) is 41.0 Å². The fraction of sp³-hybridized carbons (Fsp3) is 0.706. The van der Waals surface area contributed by atoms with E-state index in [1.54, 1.807) is 13.8 Å². The number of amides is 1. The van der Waals surface area contributed by atoms with E-state index in [2.05, 4.69) is 5.32 Å². The minimum Gasteiger partial charge on any atom is -0.481 e. The Labute approximate surface area is 142 Å². The average Bonchev–Trinajstić information content (AvgIpc) is 2.55. The van der Waals surface area contributed by atoms with Gasteiger partial charge in [-0.15, -0.1) is 0 Å². The molecule has 7 nitrogen and oxygen atoms in total. The second-order valence-electron chi connectivity index (χ2n) is 6.18. The van der Waals surface area contributed by atoms with Crippen LogP contribution in [-0.2, 0) is 14.4 Å². The van der Waals surface area contributed by atoms with Crippen molar-refractivity contribution >= 4 is 17.7 Å². The highest BCUT2D eigenvalue weighted by molar-refractivity contribution is 5.89. The van der Waals surface area contributed by atoms with E-state index in [4.69, 9.17) is 5.11 Å². The Bertz CT molecular complexity index is 487. The second-order valence-corrected chi connectivity index (χ2v) is 6.18. The van der Waals surface area contributed by atoms with E-state index in [9.17, 15) is 24.6 Å². The van der Waals surface area contributed by atoms with Crippen LogP contribution in [0.5, 0.6) is 0 Å². The summed E-state index contributed by atoms with van der Waals surface area (Å²) in [6.07, 6.45) is 0.304. The number of aliphatic carboxylic acids is 1. The van der Waals surface area contributed by atoms with Crippen LogP contribution in [0.3, 0.4) is 0 Å². The van der Waals surface area contributed by atoms with Gasteiger partial charge < -0.3 is 20.6 Å². The molecule has 0 rings (SSSR count). The highest BCUT2D eigenvalue weighted by atomic mass is 16.4. The number of ketones is 1. The van der Waals surface area contributed by atoms with E-state index in [1.165, 1.54) is 13.8 Å². The van der Waals surface area contributed by atoms with Gasteiger partial charge in [-0.25, -0.2) is 0 Å². The highest BCUT2D eigenvalue weighted by Gasteiger charge is 2.31. The van der Waals surface area contributed by atoms with Crippen LogP contribution in [0, 0.1) is 17.8 Å². The van der Waals surface area contributed by atoms with E-state index in [1.807, 2.05) is 13.0 Å². The minimum absolute atomic E-state index is 0.322. The molecule has 138 valence electrons. The number of carbonyl (C=O) groups is 3. The number of carboxylic acids is 1. The standard InChI is InChI=1S/C17H29NO6/c1-6-7-9(2)14(20)11(4)16(22)18-8-13(19)10(3)15(21)12(5)17(23)24/h7,10-12,14-15,20-21H,6,8H2,1-5H3,(H,18,22)(H,23,24)/b9-7+/t10-,11-,12-,14-,15-/m1/s1. The van der Waals surface area contributed by atoms with Gasteiger partial charge in [0, 0.05) is 5.92 Å². The SMILES string of the molecule is CC/C=C(\C)[C@@H](O)[C@@H](C)C(=O)NCC(=O)[C@@H](C)[C@@H](O)[C@@H](C)C(=O)O. The molecule has 0 aromatic carbocycles. The summed E-state index contributed by atoms with van der Waals surface area (Å²) in [5.41, 5.74) is 0.686. The summed E-state index contributed by atoms with van der Waals surface area (Å²) in [6.45, 7) is 7.63. The Morgan fingerprint density at radius 1 is 1.04 bits per heavy atom. The van der Waals surface area contributed by atoms with Crippen molar-refractivity contribution in [3.63, 3.8) is 0 Å². The number of aliphatic hydroxyl groups is 2. The largest absolute Gasteiger partial charge is 0.481 e. The van der Waals surface area contributed by atoms with Gasteiger partial charge in [-0.2, -0.15) is 0 Å². The number of rotatable bonds is 10. The van der Waals surface area contributed by atoms with Crippen molar-refractivity contribution in [2.24, 2.45) is 17.8 Å². The molecule has 1 amide bonds. The van der Waals surface area contributed by atoms with Gasteiger partial charge in [-0.1, -0.05) is 26.8 Å². The van der Waals surface area contributed by atoms with Gasteiger partial charge in [-0.3, -0.25) is 14.4 Å². The molecule has 0 aliphatic carbocycles. The van der Waals surface area contributed by atoms with Crippen molar-refractivity contribution < 1.29 is 29.7 Å². The van der Waals surface area contributed by atoms with Gasteiger partial charge in [0.25, 0.3) is 0 Å². The zero-order chi connectivity index (χ0) is 19.0. The number of Topliss-reactive ketones (excluding diaryl/α,β-unsaturated/α-hetero) is 1. The van der Waals surface area contributed by atoms with Gasteiger partial charge in [-0.05, 0) is 25.8 Å². The summed E-state index contributed by atoms with van der Waals surface area (Å²) in [5, 5.41) is 31.2. The molecule has 0 aliphatic rings. The molecule has 0 aliphatic heterocycles. The molecule has 0 saturated carbocycles. The lowest BCUT2D eigenvalue weighted by Crippen LogP contribution is -2.43. The topological polar surface area (TPSA) is 124 Å². The van der Waals surface area contributed by atoms with Crippen LogP contribution in [0.4, 0.5) is 0 Å². The van der Waals surface area contributed by atoms with Crippen molar-refractivity contribution in [1.82, 2.24) is 5.32 Å². The van der Waals surface area contributed by atoms with Crippen molar-refractivity contribution in [3.8, 4) is 0 Å². The second kappa shape index (κ2) is 10.2. The minimum atomic E-state index is -1.33. The van der Waals surface area contributed by atoms with Gasteiger partial charge in [0.15, 0.2) is 5.78 Å². The van der Waals surface area contributed by atoms with Crippen molar-refractivity contribution in [3.05, 3.63) is 11.6 Å². The van der Waals surface area contributed by atoms with Gasteiger partial charge in [0.2, 0.25) is 5.91 Å². The molecule has 0 aromatic rings. The molecule has 0 aromatic heterocycles. The summed E-state index contributed by atoms with van der Waals surface area (Å²) in [7, 11) is 0. The van der Waals surface area contributed by atoms with Crippen molar-refractivity contribution in [2.45, 2.75) is 53.2 Å². The third-order valence-electron chi connectivity index (χ3n) is 4.24. The molecule has 7 heteroatoms. The maximum atomic E-state index is 12.0. The number of allylic oxidation sites excluding steroid dienone is 1. The van der Waals surface area contributed by atoms with Crippen LogP contribution >= 0.6 is 0 Å². The molecule has 0 heterocycles. The Morgan fingerprint density at radius 2 is 1.58 bits per heavy atom. The smallest absolute Gasteiger partial charge is 0.308 e. The maximum Gasteiger partial charge on any atom is 0.308 e. The normalized spacial score (nSPS) is 18.2. The van der Waals surface area contributed by atoms with Crippen LogP contribution < -0.4 is 5.32 Å². The fourth-order valence-corrected chi connectivity index (χ4v) is 2.25. The quantitative estimate of drug-likeness (QED) is 0.434. The van der Waals surface area contributed by atoms with E-state index < -0.39 is 47.6 Å². The number of carbonyl (C=O) groups excluding carboxylic acids is 2. The predicted octanol–water partition coefficient (Wildman–Crippen LogP) is 0.743. The van der Waals surface area contributed by atoms with Crippen LogP contribution in [0.15, 0.2) is 11.6 Å². The molecule has 0 saturated heterocycles. The van der Waals surface area contributed by atoms with E-state index in [-0.39, 0.29) is 6.54 Å². The molecular formula is C17H29NO6. The molecule has 5 atom stereocenters. The monoisotopic (exact) mass is 343 g/mol. The molecular weight excluding hydrogens is 314 g/mol. The predicted molar refractivity (Wildman–Crippen MR) is 89.2 cm³/mol. The summed E-state index contributed by atoms with van der Waals surface area (Å²) < 4.78 is 0. The number of aliphatic hydroxyl groups excluding tert-OH is 2. The highest BCUT2D eigenvalue weighted by Crippen LogP contribution is 2.15. The van der Waals surface area contributed by atoms with Crippen LogP contribution in [0.2, 0.25) is 0 Å². The summed E-state index contributed by atoms with van der Waals surface area (Å²) in [4.78, 5) is 34.9. The zero-order valence-corrected chi connectivity index (χ0v) is 14.9. The molecule has 0 spiro atoms. The van der Waals surface area contributed by atoms with Crippen LogP contribution in [0.25, 0.3) is 0 Å². The Hall–Kier alpha value is -1.73. The first-order valence-corrected chi connectivity index (χ1v) is 8.10. The number of hydrogen-bond donors (Lipinski definition) is 4. The third-order valence-corrected chi connectivity index (χ3v) is 4.24. The Balaban J connectivity index is 4.62. The first-order valence-electron chi connectivity index (χ1n) is 8.10. The van der Waals surface area contributed by atoms with Gasteiger partial charge in [0.05, 0.1) is 30.6 Å². The molecule has 0 unspecified atom stereocenters. The van der Waals surface area contributed by atoms with Crippen molar-refractivity contribution in [2.75, 3.05) is 6.54 Å². The van der Waals surface area contributed by atoms with E-state index >= 15 is 0 Å². The van der Waals surface area contributed by atoms with Gasteiger partial charge in [0.1, 0.15) is 0 Å². The first-order chi connectivity index (χ1) is 11.0. The maximum absolute atomic E-state index is 12.0. The molecule has 0 fully saturated rings. The number of carboxylic acid groups (broad SMARTS) is 1. The first kappa shape index (κ1) is 22.3. The Kier molecular flexibility index (Phi) is 9.47.